The van der Waals surface area contributed by atoms with Gasteiger partial charge in [-0.1, -0.05) is 0 Å². The van der Waals surface area contributed by atoms with Crippen molar-refractivity contribution in [2.45, 2.75) is 13.3 Å². The number of nitrogens with one attached hydrogen (secondary N) is 1. The monoisotopic (exact) mass is 191 g/mol. The highest BCUT2D eigenvalue weighted by molar-refractivity contribution is 5.42. The molecule has 2 aromatic heterocycles. The van der Waals surface area contributed by atoms with Crippen LogP contribution in [0.3, 0.4) is 0 Å². The van der Waals surface area contributed by atoms with E-state index in [0.717, 1.165) is 23.5 Å². The van der Waals surface area contributed by atoms with Crippen LogP contribution in [-0.2, 0) is 6.42 Å². The Balaban J connectivity index is 2.70. The van der Waals surface area contributed by atoms with E-state index in [1.54, 1.807) is 18.3 Å². The summed E-state index contributed by atoms with van der Waals surface area (Å²) in [7, 11) is 0. The van der Waals surface area contributed by atoms with E-state index in [9.17, 15) is 4.79 Å². The van der Waals surface area contributed by atoms with Crippen molar-refractivity contribution in [1.29, 1.82) is 0 Å². The molecule has 2 aromatic rings. The molecule has 4 nitrogen and oxygen atoms in total. The lowest BCUT2D eigenvalue weighted by atomic mass is 10.2. The van der Waals surface area contributed by atoms with E-state index in [4.69, 9.17) is 5.73 Å². The number of rotatable bonds is 2. The molecule has 3 N–H and O–H groups in total. The molecule has 0 fully saturated rings. The number of nitrogens with zero attached hydrogens (tertiary/aromatic N) is 1. The topological polar surface area (TPSA) is 63.3 Å². The third-order valence-electron chi connectivity index (χ3n) is 2.35. The number of imidazole rings is 1. The van der Waals surface area contributed by atoms with Crippen LogP contribution in [0, 0.1) is 6.92 Å². The smallest absolute Gasteiger partial charge is 0.183 e. The molecule has 0 saturated carbocycles. The minimum atomic E-state index is 0.0190. The summed E-state index contributed by atoms with van der Waals surface area (Å²) in [6.07, 6.45) is 2.60. The normalized spacial score (nSPS) is 11.0. The minimum absolute atomic E-state index is 0.0190. The molecule has 0 aromatic carbocycles. The average molecular weight is 191 g/mol. The Bertz CT molecular complexity index is 510. The van der Waals surface area contributed by atoms with Gasteiger partial charge in [-0.25, -0.2) is 0 Å². The highest BCUT2D eigenvalue weighted by Crippen LogP contribution is 2.10. The predicted molar refractivity (Wildman–Crippen MR) is 55.5 cm³/mol. The zero-order chi connectivity index (χ0) is 10.1. The first-order chi connectivity index (χ1) is 6.72. The summed E-state index contributed by atoms with van der Waals surface area (Å²) in [5, 5.41) is 0. The van der Waals surface area contributed by atoms with E-state index in [0.29, 0.717) is 6.54 Å². The summed E-state index contributed by atoms with van der Waals surface area (Å²) in [6, 6.07) is 3.15. The van der Waals surface area contributed by atoms with Crippen molar-refractivity contribution in [2.24, 2.45) is 5.73 Å². The van der Waals surface area contributed by atoms with Crippen molar-refractivity contribution in [1.82, 2.24) is 9.38 Å². The second kappa shape index (κ2) is 3.31. The van der Waals surface area contributed by atoms with E-state index in [2.05, 4.69) is 4.98 Å². The molecule has 0 saturated heterocycles. The second-order valence-corrected chi connectivity index (χ2v) is 3.35. The Hall–Kier alpha value is -1.55. The van der Waals surface area contributed by atoms with E-state index >= 15 is 0 Å². The predicted octanol–water partition coefficient (Wildman–Crippen LogP) is 0.437. The van der Waals surface area contributed by atoms with Gasteiger partial charge in [0.15, 0.2) is 5.43 Å². The molecular weight excluding hydrogens is 178 g/mol. The lowest BCUT2D eigenvalue weighted by Crippen LogP contribution is -2.07. The molecular formula is C10H13N3O. The third-order valence-corrected chi connectivity index (χ3v) is 2.35. The van der Waals surface area contributed by atoms with E-state index < -0.39 is 0 Å². The zero-order valence-electron chi connectivity index (χ0n) is 8.08. The number of fused-ring (bicyclic) bond motifs is 1. The molecule has 2 rings (SSSR count). The highest BCUT2D eigenvalue weighted by atomic mass is 16.1. The molecule has 0 aliphatic carbocycles. The fourth-order valence-corrected chi connectivity index (χ4v) is 1.70. The van der Waals surface area contributed by atoms with E-state index in [1.165, 1.54) is 0 Å². The van der Waals surface area contributed by atoms with Gasteiger partial charge >= 0.3 is 0 Å². The number of hydrogen-bond acceptors (Lipinski definition) is 2. The van der Waals surface area contributed by atoms with Gasteiger partial charge in [0.05, 0.1) is 0 Å². The Morgan fingerprint density at radius 2 is 2.36 bits per heavy atom. The first-order valence-corrected chi connectivity index (χ1v) is 4.62. The molecule has 0 atom stereocenters. The SMILES string of the molecule is Cc1[nH]c2cc(=O)ccn2c1CCN. The summed E-state index contributed by atoms with van der Waals surface area (Å²) in [6.45, 7) is 2.60. The Labute approximate surface area is 81.4 Å². The fourth-order valence-electron chi connectivity index (χ4n) is 1.70. The van der Waals surface area contributed by atoms with Gasteiger partial charge in [0.2, 0.25) is 0 Å². The lowest BCUT2D eigenvalue weighted by molar-refractivity contribution is 0.893. The van der Waals surface area contributed by atoms with Crippen LogP contribution in [0.2, 0.25) is 0 Å². The minimum Gasteiger partial charge on any atom is -0.343 e. The standard InChI is InChI=1S/C10H13N3O/c1-7-9(2-4-11)13-5-3-8(14)6-10(13)12-7/h3,5-6,12H,2,4,11H2,1H3. The molecule has 74 valence electrons. The van der Waals surface area contributed by atoms with Gasteiger partial charge in [0.1, 0.15) is 5.65 Å². The quantitative estimate of drug-likeness (QED) is 0.723. The van der Waals surface area contributed by atoms with Gasteiger partial charge < -0.3 is 15.1 Å². The highest BCUT2D eigenvalue weighted by Gasteiger charge is 2.05. The lowest BCUT2D eigenvalue weighted by Gasteiger charge is -1.99. The van der Waals surface area contributed by atoms with Gasteiger partial charge in [-0.2, -0.15) is 0 Å². The van der Waals surface area contributed by atoms with Crippen LogP contribution in [0.1, 0.15) is 11.4 Å². The van der Waals surface area contributed by atoms with Gasteiger partial charge in [-0.05, 0) is 13.5 Å². The number of pyridine rings is 1. The average Bonchev–Trinajstić information content (AvgIpc) is 2.43. The fraction of sp³-hybridized carbons (Fsp3) is 0.300. The van der Waals surface area contributed by atoms with E-state index in [1.807, 2.05) is 11.3 Å². The van der Waals surface area contributed by atoms with Crippen molar-refractivity contribution in [3.8, 4) is 0 Å². The maximum atomic E-state index is 11.1. The van der Waals surface area contributed by atoms with Gasteiger partial charge in [0.25, 0.3) is 0 Å². The van der Waals surface area contributed by atoms with Crippen LogP contribution in [0.25, 0.3) is 5.65 Å². The maximum absolute atomic E-state index is 11.1. The molecule has 0 aliphatic heterocycles. The van der Waals surface area contributed by atoms with E-state index in [-0.39, 0.29) is 5.43 Å². The third kappa shape index (κ3) is 1.33. The van der Waals surface area contributed by atoms with Gasteiger partial charge in [0, 0.05) is 36.1 Å². The van der Waals surface area contributed by atoms with Crippen molar-refractivity contribution < 1.29 is 0 Å². The van der Waals surface area contributed by atoms with Crippen LogP contribution in [0.5, 0.6) is 0 Å². The molecule has 0 amide bonds. The molecule has 0 aliphatic rings. The number of aromatic amines is 1. The van der Waals surface area contributed by atoms with Crippen LogP contribution in [0.15, 0.2) is 23.1 Å². The van der Waals surface area contributed by atoms with Crippen LogP contribution >= 0.6 is 0 Å². The molecule has 2 heterocycles. The van der Waals surface area contributed by atoms with Crippen LogP contribution < -0.4 is 11.2 Å². The molecule has 0 bridgehead atoms. The molecule has 0 unspecified atom stereocenters. The second-order valence-electron chi connectivity index (χ2n) is 3.35. The Kier molecular flexibility index (Phi) is 2.13. The number of nitrogens with two attached hydrogens (primary N) is 1. The van der Waals surface area contributed by atoms with Crippen molar-refractivity contribution in [3.05, 3.63) is 39.9 Å². The van der Waals surface area contributed by atoms with Crippen molar-refractivity contribution in [3.63, 3.8) is 0 Å². The first kappa shape index (κ1) is 9.02. The van der Waals surface area contributed by atoms with Crippen LogP contribution in [-0.4, -0.2) is 15.9 Å². The summed E-state index contributed by atoms with van der Waals surface area (Å²) in [5.41, 5.74) is 8.58. The van der Waals surface area contributed by atoms with Crippen molar-refractivity contribution >= 4 is 5.65 Å². The molecule has 14 heavy (non-hydrogen) atoms. The summed E-state index contributed by atoms with van der Waals surface area (Å²) < 4.78 is 1.98. The summed E-state index contributed by atoms with van der Waals surface area (Å²) in [4.78, 5) is 14.3. The summed E-state index contributed by atoms with van der Waals surface area (Å²) in [5.74, 6) is 0. The summed E-state index contributed by atoms with van der Waals surface area (Å²) >= 11 is 0. The van der Waals surface area contributed by atoms with Crippen LogP contribution in [0.4, 0.5) is 0 Å². The molecule has 0 spiro atoms. The Morgan fingerprint density at radius 3 is 3.07 bits per heavy atom. The number of aromatic nitrogens is 2. The number of aryl methyl sites for hydroxylation is 1. The number of hydrogen-bond donors (Lipinski definition) is 2. The van der Waals surface area contributed by atoms with Gasteiger partial charge in [-0.15, -0.1) is 0 Å². The first-order valence-electron chi connectivity index (χ1n) is 4.62. The van der Waals surface area contributed by atoms with Gasteiger partial charge in [-0.3, -0.25) is 4.79 Å². The molecule has 4 heteroatoms. The number of H-pyrrole nitrogens is 1. The maximum Gasteiger partial charge on any atom is 0.183 e. The molecule has 0 radical (unpaired) electrons. The largest absolute Gasteiger partial charge is 0.343 e. The van der Waals surface area contributed by atoms with Crippen molar-refractivity contribution in [2.75, 3.05) is 6.54 Å². The zero-order valence-corrected chi connectivity index (χ0v) is 8.08. The Morgan fingerprint density at radius 1 is 1.57 bits per heavy atom.